The molecule has 1 saturated carbocycles. The Kier molecular flexibility index (Phi) is 4.62. The van der Waals surface area contributed by atoms with Gasteiger partial charge in [-0.25, -0.2) is 4.98 Å². The Morgan fingerprint density at radius 1 is 1.33 bits per heavy atom. The Morgan fingerprint density at radius 3 is 2.50 bits per heavy atom. The molecular formula is C14H25N3S. The SMILES string of the molecule is CCN(CC)c1nc(C(C)C)c(CNC2CC2)s1. The van der Waals surface area contributed by atoms with Gasteiger partial charge in [-0.3, -0.25) is 0 Å². The Morgan fingerprint density at radius 2 is 2.00 bits per heavy atom. The second-order valence-electron chi connectivity index (χ2n) is 5.29. The summed E-state index contributed by atoms with van der Waals surface area (Å²) >= 11 is 1.87. The third-order valence-electron chi connectivity index (χ3n) is 3.43. The van der Waals surface area contributed by atoms with E-state index in [1.54, 1.807) is 0 Å². The highest BCUT2D eigenvalue weighted by Gasteiger charge is 2.22. The van der Waals surface area contributed by atoms with Crippen LogP contribution in [-0.4, -0.2) is 24.1 Å². The molecule has 1 heterocycles. The van der Waals surface area contributed by atoms with Crippen molar-refractivity contribution in [2.24, 2.45) is 0 Å². The Balaban J connectivity index is 2.13. The van der Waals surface area contributed by atoms with E-state index in [9.17, 15) is 0 Å². The van der Waals surface area contributed by atoms with Crippen LogP contribution in [0.1, 0.15) is 57.0 Å². The first-order valence-electron chi connectivity index (χ1n) is 7.13. The van der Waals surface area contributed by atoms with Crippen LogP contribution in [0.3, 0.4) is 0 Å². The molecule has 1 aliphatic rings. The van der Waals surface area contributed by atoms with Gasteiger partial charge in [-0.15, -0.1) is 11.3 Å². The van der Waals surface area contributed by atoms with Crippen molar-refractivity contribution in [3.63, 3.8) is 0 Å². The number of nitrogens with zero attached hydrogens (tertiary/aromatic N) is 2. The molecular weight excluding hydrogens is 242 g/mol. The lowest BCUT2D eigenvalue weighted by Crippen LogP contribution is -2.21. The van der Waals surface area contributed by atoms with E-state index in [1.165, 1.54) is 28.5 Å². The van der Waals surface area contributed by atoms with Crippen molar-refractivity contribution < 1.29 is 0 Å². The zero-order valence-corrected chi connectivity index (χ0v) is 12.8. The zero-order valence-electron chi connectivity index (χ0n) is 12.0. The summed E-state index contributed by atoms with van der Waals surface area (Å²) in [6, 6.07) is 0.768. The van der Waals surface area contributed by atoms with Crippen LogP contribution in [-0.2, 0) is 6.54 Å². The zero-order chi connectivity index (χ0) is 13.1. The number of anilines is 1. The van der Waals surface area contributed by atoms with Crippen LogP contribution in [0.4, 0.5) is 5.13 Å². The number of thiazole rings is 1. The van der Waals surface area contributed by atoms with E-state index in [0.29, 0.717) is 5.92 Å². The quantitative estimate of drug-likeness (QED) is 0.821. The molecule has 1 N–H and O–H groups in total. The van der Waals surface area contributed by atoms with E-state index in [-0.39, 0.29) is 0 Å². The fourth-order valence-electron chi connectivity index (χ4n) is 2.08. The minimum absolute atomic E-state index is 0.515. The molecule has 1 aromatic heterocycles. The molecule has 2 rings (SSSR count). The molecule has 1 aliphatic carbocycles. The molecule has 4 heteroatoms. The van der Waals surface area contributed by atoms with Crippen molar-refractivity contribution in [1.82, 2.24) is 10.3 Å². The van der Waals surface area contributed by atoms with Crippen LogP contribution in [0.25, 0.3) is 0 Å². The molecule has 0 unspecified atom stereocenters. The van der Waals surface area contributed by atoms with Gasteiger partial charge in [-0.05, 0) is 32.6 Å². The van der Waals surface area contributed by atoms with Crippen molar-refractivity contribution >= 4 is 16.5 Å². The number of hydrogen-bond acceptors (Lipinski definition) is 4. The van der Waals surface area contributed by atoms with Gasteiger partial charge in [0.1, 0.15) is 0 Å². The van der Waals surface area contributed by atoms with Crippen molar-refractivity contribution in [3.05, 3.63) is 10.6 Å². The third-order valence-corrected chi connectivity index (χ3v) is 4.56. The normalized spacial score (nSPS) is 15.4. The second kappa shape index (κ2) is 6.02. The Labute approximate surface area is 115 Å². The number of rotatable bonds is 7. The lowest BCUT2D eigenvalue weighted by atomic mass is 10.1. The summed E-state index contributed by atoms with van der Waals surface area (Å²) in [7, 11) is 0. The van der Waals surface area contributed by atoms with Gasteiger partial charge < -0.3 is 10.2 Å². The summed E-state index contributed by atoms with van der Waals surface area (Å²) in [6.07, 6.45) is 2.69. The van der Waals surface area contributed by atoms with Gasteiger partial charge in [0.05, 0.1) is 5.69 Å². The molecule has 0 radical (unpaired) electrons. The van der Waals surface area contributed by atoms with Gasteiger partial charge in [-0.2, -0.15) is 0 Å². The third kappa shape index (κ3) is 3.23. The topological polar surface area (TPSA) is 28.2 Å². The molecule has 0 spiro atoms. The highest BCUT2D eigenvalue weighted by Crippen LogP contribution is 2.31. The lowest BCUT2D eigenvalue weighted by Gasteiger charge is -2.16. The summed E-state index contributed by atoms with van der Waals surface area (Å²) in [4.78, 5) is 8.63. The van der Waals surface area contributed by atoms with Gasteiger partial charge in [0, 0.05) is 30.6 Å². The maximum absolute atomic E-state index is 4.85. The average molecular weight is 267 g/mol. The molecule has 0 aliphatic heterocycles. The van der Waals surface area contributed by atoms with Crippen molar-refractivity contribution in [2.75, 3.05) is 18.0 Å². The summed E-state index contributed by atoms with van der Waals surface area (Å²) < 4.78 is 0. The predicted octanol–water partition coefficient (Wildman–Crippen LogP) is 3.36. The fourth-order valence-corrected chi connectivity index (χ4v) is 3.38. The van der Waals surface area contributed by atoms with Gasteiger partial charge in [0.25, 0.3) is 0 Å². The van der Waals surface area contributed by atoms with Crippen molar-refractivity contribution in [3.8, 4) is 0 Å². The van der Waals surface area contributed by atoms with Crippen LogP contribution < -0.4 is 10.2 Å². The molecule has 102 valence electrons. The van der Waals surface area contributed by atoms with Gasteiger partial charge in [0.15, 0.2) is 5.13 Å². The first-order chi connectivity index (χ1) is 8.65. The summed E-state index contributed by atoms with van der Waals surface area (Å²) in [6.45, 7) is 11.9. The number of aromatic nitrogens is 1. The number of hydrogen-bond donors (Lipinski definition) is 1. The summed E-state index contributed by atoms with van der Waals surface area (Å²) in [5.41, 5.74) is 1.29. The van der Waals surface area contributed by atoms with Gasteiger partial charge in [0.2, 0.25) is 0 Å². The Hall–Kier alpha value is -0.610. The van der Waals surface area contributed by atoms with E-state index < -0.39 is 0 Å². The standard InChI is InChI=1S/C14H25N3S/c1-5-17(6-2)14-16-13(10(3)4)12(18-14)9-15-11-7-8-11/h10-11,15H,5-9H2,1-4H3. The molecule has 0 aromatic carbocycles. The minimum Gasteiger partial charge on any atom is -0.349 e. The van der Waals surface area contributed by atoms with Gasteiger partial charge in [-0.1, -0.05) is 13.8 Å². The first-order valence-corrected chi connectivity index (χ1v) is 7.95. The molecule has 0 bridgehead atoms. The van der Waals surface area contributed by atoms with Crippen LogP contribution in [0.5, 0.6) is 0 Å². The maximum atomic E-state index is 4.85. The summed E-state index contributed by atoms with van der Waals surface area (Å²) in [5, 5.41) is 4.80. The van der Waals surface area contributed by atoms with Crippen LogP contribution >= 0.6 is 11.3 Å². The monoisotopic (exact) mass is 267 g/mol. The van der Waals surface area contributed by atoms with Crippen LogP contribution in [0, 0.1) is 0 Å². The van der Waals surface area contributed by atoms with E-state index in [0.717, 1.165) is 25.7 Å². The smallest absolute Gasteiger partial charge is 0.185 e. The van der Waals surface area contributed by atoms with Crippen molar-refractivity contribution in [1.29, 1.82) is 0 Å². The van der Waals surface area contributed by atoms with Crippen LogP contribution in [0.15, 0.2) is 0 Å². The molecule has 0 amide bonds. The fraction of sp³-hybridized carbons (Fsp3) is 0.786. The average Bonchev–Trinajstić information content (AvgIpc) is 3.08. The van der Waals surface area contributed by atoms with E-state index in [1.807, 2.05) is 11.3 Å². The first kappa shape index (κ1) is 13.8. The lowest BCUT2D eigenvalue weighted by molar-refractivity contribution is 0.680. The van der Waals surface area contributed by atoms with Gasteiger partial charge >= 0.3 is 0 Å². The molecule has 18 heavy (non-hydrogen) atoms. The molecule has 1 aromatic rings. The van der Waals surface area contributed by atoms with Crippen molar-refractivity contribution in [2.45, 2.75) is 59.0 Å². The van der Waals surface area contributed by atoms with E-state index >= 15 is 0 Å². The molecule has 1 fully saturated rings. The van der Waals surface area contributed by atoms with E-state index in [4.69, 9.17) is 4.98 Å². The Bertz CT molecular complexity index is 378. The number of nitrogens with one attached hydrogen (secondary N) is 1. The maximum Gasteiger partial charge on any atom is 0.185 e. The largest absolute Gasteiger partial charge is 0.349 e. The second-order valence-corrected chi connectivity index (χ2v) is 6.35. The minimum atomic E-state index is 0.515. The highest BCUT2D eigenvalue weighted by molar-refractivity contribution is 7.15. The molecule has 0 saturated heterocycles. The van der Waals surface area contributed by atoms with Crippen LogP contribution in [0.2, 0.25) is 0 Å². The highest BCUT2D eigenvalue weighted by atomic mass is 32.1. The van der Waals surface area contributed by atoms with E-state index in [2.05, 4.69) is 37.9 Å². The molecule has 0 atom stereocenters. The summed E-state index contributed by atoms with van der Waals surface area (Å²) in [5.74, 6) is 0.515. The predicted molar refractivity (Wildman–Crippen MR) is 79.6 cm³/mol. The molecule has 3 nitrogen and oxygen atoms in total.